The van der Waals surface area contributed by atoms with Crippen molar-refractivity contribution in [3.8, 4) is 0 Å². The van der Waals surface area contributed by atoms with Crippen LogP contribution in [0.4, 0.5) is 11.5 Å². The van der Waals surface area contributed by atoms with Crippen molar-refractivity contribution in [1.82, 2.24) is 10.2 Å². The van der Waals surface area contributed by atoms with Gasteiger partial charge in [-0.05, 0) is 43.5 Å². The number of hydrogen-bond donors (Lipinski definition) is 2. The second kappa shape index (κ2) is 5.69. The highest BCUT2D eigenvalue weighted by molar-refractivity contribution is 7.92. The molecule has 8 heteroatoms. The Morgan fingerprint density at radius 2 is 2.13 bits per heavy atom. The SMILES string of the molecule is Cc1cc(NC(=O)c2ccc3c(c2)CCCN3S(C)(=O)=O)n[nH]1. The fraction of sp³-hybridized carbons (Fsp3) is 0.333. The molecule has 0 bridgehead atoms. The lowest BCUT2D eigenvalue weighted by atomic mass is 10.0. The molecule has 3 rings (SSSR count). The van der Waals surface area contributed by atoms with Crippen LogP contribution in [0.5, 0.6) is 0 Å². The van der Waals surface area contributed by atoms with Gasteiger partial charge in [0.1, 0.15) is 0 Å². The summed E-state index contributed by atoms with van der Waals surface area (Å²) < 4.78 is 25.1. The third-order valence-electron chi connectivity index (χ3n) is 3.77. The predicted octanol–water partition coefficient (Wildman–Crippen LogP) is 1.68. The monoisotopic (exact) mass is 334 g/mol. The molecule has 7 nitrogen and oxygen atoms in total. The Morgan fingerprint density at radius 1 is 1.35 bits per heavy atom. The summed E-state index contributed by atoms with van der Waals surface area (Å²) in [6, 6.07) is 6.82. The van der Waals surface area contributed by atoms with Gasteiger partial charge in [-0.2, -0.15) is 5.10 Å². The van der Waals surface area contributed by atoms with E-state index in [-0.39, 0.29) is 5.91 Å². The maximum atomic E-state index is 12.3. The number of aromatic amines is 1. The second-order valence-corrected chi connectivity index (χ2v) is 7.58. The molecule has 0 saturated carbocycles. The number of nitrogens with zero attached hydrogens (tertiary/aromatic N) is 2. The number of hydrogen-bond acceptors (Lipinski definition) is 4. The molecule has 0 fully saturated rings. The van der Waals surface area contributed by atoms with Crippen LogP contribution in [-0.2, 0) is 16.4 Å². The van der Waals surface area contributed by atoms with E-state index in [1.807, 2.05) is 6.92 Å². The minimum atomic E-state index is -3.30. The third kappa shape index (κ3) is 3.21. The Morgan fingerprint density at radius 3 is 2.78 bits per heavy atom. The molecule has 1 aliphatic heterocycles. The summed E-state index contributed by atoms with van der Waals surface area (Å²) in [5, 5.41) is 9.44. The molecule has 0 unspecified atom stereocenters. The van der Waals surface area contributed by atoms with E-state index in [2.05, 4.69) is 15.5 Å². The maximum absolute atomic E-state index is 12.3. The van der Waals surface area contributed by atoms with Crippen LogP contribution >= 0.6 is 0 Å². The number of rotatable bonds is 3. The van der Waals surface area contributed by atoms with Crippen LogP contribution in [0.15, 0.2) is 24.3 Å². The van der Waals surface area contributed by atoms with E-state index in [0.29, 0.717) is 23.6 Å². The molecule has 2 aromatic rings. The van der Waals surface area contributed by atoms with Gasteiger partial charge in [-0.3, -0.25) is 14.2 Å². The van der Waals surface area contributed by atoms with Crippen molar-refractivity contribution in [3.63, 3.8) is 0 Å². The fourth-order valence-electron chi connectivity index (χ4n) is 2.72. The van der Waals surface area contributed by atoms with Gasteiger partial charge in [-0.15, -0.1) is 0 Å². The average Bonchev–Trinajstić information content (AvgIpc) is 2.90. The zero-order valence-corrected chi connectivity index (χ0v) is 13.8. The summed E-state index contributed by atoms with van der Waals surface area (Å²) >= 11 is 0. The van der Waals surface area contributed by atoms with E-state index in [0.717, 1.165) is 24.1 Å². The Labute approximate surface area is 134 Å². The fourth-order valence-corrected chi connectivity index (χ4v) is 3.72. The number of fused-ring (bicyclic) bond motifs is 1. The summed E-state index contributed by atoms with van der Waals surface area (Å²) in [7, 11) is -3.30. The van der Waals surface area contributed by atoms with Crippen molar-refractivity contribution >= 4 is 27.4 Å². The van der Waals surface area contributed by atoms with Crippen LogP contribution in [0.1, 0.15) is 28.0 Å². The molecule has 2 heterocycles. The predicted molar refractivity (Wildman–Crippen MR) is 88.2 cm³/mol. The van der Waals surface area contributed by atoms with Crippen LogP contribution in [0.25, 0.3) is 0 Å². The highest BCUT2D eigenvalue weighted by atomic mass is 32.2. The summed E-state index contributed by atoms with van der Waals surface area (Å²) in [5.74, 6) is 0.193. The average molecular weight is 334 g/mol. The van der Waals surface area contributed by atoms with E-state index in [1.165, 1.54) is 10.6 Å². The van der Waals surface area contributed by atoms with Crippen molar-refractivity contribution < 1.29 is 13.2 Å². The lowest BCUT2D eigenvalue weighted by Crippen LogP contribution is -2.34. The molecule has 0 spiro atoms. The zero-order chi connectivity index (χ0) is 16.6. The number of carbonyl (C=O) groups excluding carboxylic acids is 1. The molecule has 0 atom stereocenters. The molecule has 122 valence electrons. The van der Waals surface area contributed by atoms with Gasteiger partial charge >= 0.3 is 0 Å². The molecule has 1 aromatic heterocycles. The Balaban J connectivity index is 1.87. The van der Waals surface area contributed by atoms with Crippen LogP contribution in [0, 0.1) is 6.92 Å². The minimum absolute atomic E-state index is 0.268. The van der Waals surface area contributed by atoms with Gasteiger partial charge in [-0.1, -0.05) is 0 Å². The Hall–Kier alpha value is -2.35. The summed E-state index contributed by atoms with van der Waals surface area (Å²) in [6.07, 6.45) is 2.69. The maximum Gasteiger partial charge on any atom is 0.256 e. The standard InChI is InChI=1S/C15H18N4O3S/c1-10-8-14(18-17-10)16-15(20)12-5-6-13-11(9-12)4-3-7-19(13)23(2,21)22/h5-6,8-9H,3-4,7H2,1-2H3,(H2,16,17,18,20). The Bertz CT molecular complexity index is 857. The topological polar surface area (TPSA) is 95.2 Å². The number of sulfonamides is 1. The van der Waals surface area contributed by atoms with Crippen molar-refractivity contribution in [2.75, 3.05) is 22.4 Å². The van der Waals surface area contributed by atoms with Gasteiger partial charge in [0.25, 0.3) is 5.91 Å². The molecule has 0 radical (unpaired) electrons. The summed E-state index contributed by atoms with van der Waals surface area (Å²) in [6.45, 7) is 2.32. The van der Waals surface area contributed by atoms with Gasteiger partial charge in [0.15, 0.2) is 5.82 Å². The first-order valence-corrected chi connectivity index (χ1v) is 9.13. The van der Waals surface area contributed by atoms with Crippen LogP contribution in [-0.4, -0.2) is 37.3 Å². The highest BCUT2D eigenvalue weighted by Gasteiger charge is 2.24. The number of aromatic nitrogens is 2. The highest BCUT2D eigenvalue weighted by Crippen LogP contribution is 2.30. The number of carbonyl (C=O) groups is 1. The van der Waals surface area contributed by atoms with Gasteiger partial charge in [0, 0.05) is 23.9 Å². The van der Waals surface area contributed by atoms with Gasteiger partial charge in [-0.25, -0.2) is 8.42 Å². The van der Waals surface area contributed by atoms with Crippen molar-refractivity contribution in [2.45, 2.75) is 19.8 Å². The number of H-pyrrole nitrogens is 1. The molecular formula is C15H18N4O3S. The summed E-state index contributed by atoms with van der Waals surface area (Å²) in [4.78, 5) is 12.3. The number of aryl methyl sites for hydroxylation is 2. The number of nitrogens with one attached hydrogen (secondary N) is 2. The first kappa shape index (κ1) is 15.5. The molecule has 1 aliphatic rings. The quantitative estimate of drug-likeness (QED) is 0.893. The molecule has 0 saturated heterocycles. The lowest BCUT2D eigenvalue weighted by molar-refractivity contribution is 0.102. The van der Waals surface area contributed by atoms with Crippen LogP contribution in [0.2, 0.25) is 0 Å². The van der Waals surface area contributed by atoms with Crippen molar-refractivity contribution in [2.24, 2.45) is 0 Å². The van der Waals surface area contributed by atoms with Gasteiger partial charge < -0.3 is 5.32 Å². The molecule has 1 amide bonds. The van der Waals surface area contributed by atoms with E-state index in [1.54, 1.807) is 24.3 Å². The number of amides is 1. The molecule has 2 N–H and O–H groups in total. The molecule has 0 aliphatic carbocycles. The molecular weight excluding hydrogens is 316 g/mol. The first-order chi connectivity index (χ1) is 10.8. The lowest BCUT2D eigenvalue weighted by Gasteiger charge is -2.29. The smallest absolute Gasteiger partial charge is 0.256 e. The van der Waals surface area contributed by atoms with Crippen LogP contribution in [0.3, 0.4) is 0 Å². The molecule has 1 aromatic carbocycles. The molecule has 23 heavy (non-hydrogen) atoms. The largest absolute Gasteiger partial charge is 0.305 e. The van der Waals surface area contributed by atoms with Crippen molar-refractivity contribution in [1.29, 1.82) is 0 Å². The third-order valence-corrected chi connectivity index (χ3v) is 4.95. The zero-order valence-electron chi connectivity index (χ0n) is 13.0. The second-order valence-electron chi connectivity index (χ2n) is 5.67. The number of benzene rings is 1. The normalized spacial score (nSPS) is 14.4. The van der Waals surface area contributed by atoms with E-state index in [9.17, 15) is 13.2 Å². The van der Waals surface area contributed by atoms with E-state index < -0.39 is 10.0 Å². The summed E-state index contributed by atoms with van der Waals surface area (Å²) in [5.41, 5.74) is 2.87. The number of anilines is 2. The van der Waals surface area contributed by atoms with Crippen LogP contribution < -0.4 is 9.62 Å². The van der Waals surface area contributed by atoms with Gasteiger partial charge in [0.2, 0.25) is 10.0 Å². The van der Waals surface area contributed by atoms with Gasteiger partial charge in [0.05, 0.1) is 11.9 Å². The van der Waals surface area contributed by atoms with E-state index >= 15 is 0 Å². The Kier molecular flexibility index (Phi) is 3.85. The van der Waals surface area contributed by atoms with Crippen molar-refractivity contribution in [3.05, 3.63) is 41.1 Å². The van der Waals surface area contributed by atoms with E-state index in [4.69, 9.17) is 0 Å². The first-order valence-electron chi connectivity index (χ1n) is 7.28. The minimum Gasteiger partial charge on any atom is -0.305 e.